The molecule has 140 heavy (non-hydrogen) atoms. The highest BCUT2D eigenvalue weighted by Crippen LogP contribution is 2.53. The Labute approximate surface area is 808 Å². The van der Waals surface area contributed by atoms with Crippen LogP contribution in [0.1, 0.15) is 22.3 Å². The van der Waals surface area contributed by atoms with Crippen molar-refractivity contribution < 1.29 is 0 Å². The summed E-state index contributed by atoms with van der Waals surface area (Å²) in [6.45, 7) is 31.4. The molecule has 4 heterocycles. The van der Waals surface area contributed by atoms with Gasteiger partial charge in [0.2, 0.25) is 0 Å². The fraction of sp³-hybridized carbons (Fsp3) is 0. The molecule has 0 spiro atoms. The molecule has 12 nitrogen and oxygen atoms in total. The fourth-order valence-electron chi connectivity index (χ4n) is 20.0. The first-order valence-corrected chi connectivity index (χ1v) is 45.6. The first kappa shape index (κ1) is 86.2. The Morgan fingerprint density at radius 1 is 0.179 bits per heavy atom. The van der Waals surface area contributed by atoms with Crippen LogP contribution in [0.4, 0.5) is 22.7 Å². The number of fused-ring (bicyclic) bond motifs is 12. The van der Waals surface area contributed by atoms with Crippen molar-refractivity contribution in [1.29, 1.82) is 21.0 Å². The van der Waals surface area contributed by atoms with Crippen molar-refractivity contribution in [3.63, 3.8) is 0 Å². The second kappa shape index (κ2) is 38.0. The number of rotatable bonds is 12. The lowest BCUT2D eigenvalue weighted by Crippen LogP contribution is -1.96. The first-order chi connectivity index (χ1) is 69.2. The highest BCUT2D eigenvalue weighted by Gasteiger charge is 2.29. The summed E-state index contributed by atoms with van der Waals surface area (Å²) in [5.41, 5.74) is 31.7. The molecule has 0 unspecified atom stereocenters. The van der Waals surface area contributed by atoms with E-state index in [0.29, 0.717) is 67.3 Å². The summed E-state index contributed by atoms with van der Waals surface area (Å²) < 4.78 is 9.10. The molecule has 20 aromatic carbocycles. The molecule has 0 saturated carbocycles. The monoisotopic (exact) mass is 1780 g/mol. The number of para-hydroxylation sites is 7. The zero-order chi connectivity index (χ0) is 95.1. The Bertz CT molecular complexity index is 9110. The van der Waals surface area contributed by atoms with E-state index in [1.807, 2.05) is 188 Å². The average Bonchev–Trinajstić information content (AvgIpc) is 1.57. The topological polar surface area (TPSA) is 132 Å². The Morgan fingerprint density at radius 2 is 0.471 bits per heavy atom. The summed E-state index contributed by atoms with van der Waals surface area (Å²) in [6.07, 6.45) is 0. The molecule has 0 aliphatic heterocycles. The van der Waals surface area contributed by atoms with Crippen molar-refractivity contribution >= 4 is 110 Å². The molecular weight excluding hydrogens is 1710 g/mol. The van der Waals surface area contributed by atoms with E-state index in [1.165, 1.54) is 0 Å². The molecule has 0 bridgehead atoms. The lowest BCUT2D eigenvalue weighted by atomic mass is 9.87. The van der Waals surface area contributed by atoms with Crippen LogP contribution >= 0.6 is 0 Å². The Hall–Kier alpha value is -20.5. The number of nitrogens with zero attached hydrogens (tertiary/aromatic N) is 12. The number of nitriles is 4. The molecule has 4 aromatic heterocycles. The molecule has 12 heteroatoms. The molecule has 0 fully saturated rings. The van der Waals surface area contributed by atoms with Crippen LogP contribution in [0.3, 0.4) is 0 Å². The van der Waals surface area contributed by atoms with Gasteiger partial charge in [0, 0.05) is 116 Å². The van der Waals surface area contributed by atoms with Crippen LogP contribution in [0, 0.1) is 71.6 Å². The van der Waals surface area contributed by atoms with E-state index in [4.69, 9.17) is 26.3 Å². The van der Waals surface area contributed by atoms with E-state index in [2.05, 4.69) is 262 Å². The summed E-state index contributed by atoms with van der Waals surface area (Å²) in [4.78, 5) is 15.2. The number of benzene rings is 20. The predicted molar refractivity (Wildman–Crippen MR) is 571 cm³/mol. The smallest absolute Gasteiger partial charge is 0.196 e. The Morgan fingerprint density at radius 3 is 0.914 bits per heavy atom. The zero-order valence-corrected chi connectivity index (χ0v) is 75.2. The maximum Gasteiger partial charge on any atom is 0.196 e. The third kappa shape index (κ3) is 15.3. The van der Waals surface area contributed by atoms with Crippen molar-refractivity contribution in [2.45, 2.75) is 0 Å². The lowest BCUT2D eigenvalue weighted by Gasteiger charge is -2.16. The second-order valence-electron chi connectivity index (χ2n) is 33.5. The van der Waals surface area contributed by atoms with Crippen molar-refractivity contribution in [2.24, 2.45) is 0 Å². The maximum absolute atomic E-state index is 10.1. The molecule has 648 valence electrons. The van der Waals surface area contributed by atoms with Crippen LogP contribution in [0.15, 0.2) is 461 Å². The van der Waals surface area contributed by atoms with Gasteiger partial charge in [-0.2, -0.15) is 21.0 Å². The molecular formula is C128H76N12. The van der Waals surface area contributed by atoms with E-state index in [-0.39, 0.29) is 0 Å². The van der Waals surface area contributed by atoms with Gasteiger partial charge in [0.25, 0.3) is 0 Å². The number of hydrogen-bond acceptors (Lipinski definition) is 4. The van der Waals surface area contributed by atoms with Gasteiger partial charge in [-0.1, -0.05) is 340 Å². The van der Waals surface area contributed by atoms with E-state index >= 15 is 0 Å². The van der Waals surface area contributed by atoms with Crippen molar-refractivity contribution in [3.05, 3.63) is 529 Å². The van der Waals surface area contributed by atoms with E-state index < -0.39 is 0 Å². The Balaban J connectivity index is 0.000000111. The standard InChI is InChI=1S/4C32H19N3/c1-34-27-18-8-13-23(21-33)30(27)26-17-10-20-29-32(26)31-25(22-11-4-2-5-12-22)16-9-19-28(31)35(29)24-14-6-3-7-15-24;1-34-28-17-10-13-23(21-33)31(28)27-19-24(22-11-4-2-5-12-22)20-30-32(27)26-16-8-9-18-29(26)35(30)25-14-6-3-7-15-25;1-34-28-17-10-13-23(21-33)30(28)27-20-19-25(22-11-4-2-5-12-22)32-31(27)26-16-8-9-18-29(26)35(32)24-14-6-3-7-15-24;1-34-27-17-10-13-23(21-33)30(27)32-25(22-11-4-2-5-12-22)19-20-29-31(32)26-16-8-9-18-28(26)35(29)24-14-6-3-7-15-24/h4*2-20H. The molecule has 0 N–H and O–H groups in total. The van der Waals surface area contributed by atoms with Crippen LogP contribution in [0.5, 0.6) is 0 Å². The fourth-order valence-corrected chi connectivity index (χ4v) is 20.0. The molecule has 0 amide bonds. The molecule has 0 aliphatic rings. The van der Waals surface area contributed by atoms with Gasteiger partial charge in [0.15, 0.2) is 22.7 Å². The van der Waals surface area contributed by atoms with Crippen LogP contribution in [-0.2, 0) is 0 Å². The highest BCUT2D eigenvalue weighted by atomic mass is 15.0. The molecule has 24 aromatic rings. The molecule has 0 aliphatic carbocycles. The molecule has 24 rings (SSSR count). The highest BCUT2D eigenvalue weighted by molar-refractivity contribution is 6.25. The molecule has 0 saturated heterocycles. The minimum absolute atomic E-state index is 0.477. The third-order valence-corrected chi connectivity index (χ3v) is 25.9. The van der Waals surface area contributed by atoms with E-state index in [9.17, 15) is 21.0 Å². The maximum atomic E-state index is 10.1. The summed E-state index contributed by atoms with van der Waals surface area (Å²) >= 11 is 0. The van der Waals surface area contributed by atoms with Gasteiger partial charge < -0.3 is 18.3 Å². The minimum atomic E-state index is 0.477. The number of aromatic nitrogens is 4. The van der Waals surface area contributed by atoms with Crippen LogP contribution in [-0.4, -0.2) is 18.3 Å². The van der Waals surface area contributed by atoms with Gasteiger partial charge in [-0.05, 0) is 183 Å². The van der Waals surface area contributed by atoms with Gasteiger partial charge in [0.1, 0.15) is 0 Å². The van der Waals surface area contributed by atoms with Crippen LogP contribution in [0.25, 0.3) is 218 Å². The van der Waals surface area contributed by atoms with E-state index in [0.717, 1.165) is 177 Å². The minimum Gasteiger partial charge on any atom is -0.309 e. The van der Waals surface area contributed by atoms with Crippen LogP contribution < -0.4 is 0 Å². The summed E-state index contributed by atoms with van der Waals surface area (Å²) in [5.74, 6) is 0. The largest absolute Gasteiger partial charge is 0.309 e. The normalized spacial score (nSPS) is 10.8. The van der Waals surface area contributed by atoms with Gasteiger partial charge >= 0.3 is 0 Å². The second-order valence-corrected chi connectivity index (χ2v) is 33.5. The lowest BCUT2D eigenvalue weighted by molar-refractivity contribution is 1.18. The van der Waals surface area contributed by atoms with Crippen molar-refractivity contribution in [3.8, 4) is 136 Å². The average molecular weight is 1780 g/mol. The molecule has 0 atom stereocenters. The SMILES string of the molecule is [C-]#[N+]c1cccc(C#N)c1-c1c(-c2ccccc2)ccc2c1c1ccccc1n2-c1ccccc1.[C-]#[N+]c1cccc(C#N)c1-c1cc(-c2ccccc2)cc2c1c1ccccc1n2-c1ccccc1.[C-]#[N+]c1cccc(C#N)c1-c1ccc(-c2ccccc2)c2c1c1ccccc1n2-c1ccccc1.[C-]#[N+]c1cccc(C#N)c1-c1cccc2c1c1c(-c3ccccc3)cccc1n2-c1ccccc1. The summed E-state index contributed by atoms with van der Waals surface area (Å²) in [7, 11) is 0. The number of hydrogen-bond donors (Lipinski definition) is 0. The van der Waals surface area contributed by atoms with Crippen LogP contribution in [0.2, 0.25) is 0 Å². The van der Waals surface area contributed by atoms with Gasteiger partial charge in [-0.25, -0.2) is 19.4 Å². The van der Waals surface area contributed by atoms with Gasteiger partial charge in [-0.3, -0.25) is 0 Å². The summed E-state index contributed by atoms with van der Waals surface area (Å²) in [5, 5.41) is 48.5. The third-order valence-electron chi connectivity index (χ3n) is 25.9. The predicted octanol–water partition coefficient (Wildman–Crippen LogP) is 34.2. The van der Waals surface area contributed by atoms with E-state index in [1.54, 1.807) is 72.8 Å². The van der Waals surface area contributed by atoms with Crippen molar-refractivity contribution in [1.82, 2.24) is 18.3 Å². The zero-order valence-electron chi connectivity index (χ0n) is 75.2. The molecule has 0 radical (unpaired) electrons. The van der Waals surface area contributed by atoms with Gasteiger partial charge in [0.05, 0.1) is 94.7 Å². The van der Waals surface area contributed by atoms with Gasteiger partial charge in [-0.15, -0.1) is 0 Å². The quantitative estimate of drug-likeness (QED) is 0.113. The first-order valence-electron chi connectivity index (χ1n) is 45.6. The van der Waals surface area contributed by atoms with Crippen molar-refractivity contribution in [2.75, 3.05) is 0 Å². The summed E-state index contributed by atoms with van der Waals surface area (Å²) in [6, 6.07) is 164. The Kier molecular flexibility index (Phi) is 23.4.